The molecule has 7 nitrogen and oxygen atoms in total. The second-order valence-corrected chi connectivity index (χ2v) is 6.65. The number of nitrogens with zero attached hydrogens (tertiary/aromatic N) is 4. The van der Waals surface area contributed by atoms with E-state index in [4.69, 9.17) is 4.74 Å². The molecule has 2 aromatic heterocycles. The third-order valence-electron chi connectivity index (χ3n) is 4.61. The maximum absolute atomic E-state index is 13.0. The molecule has 1 atom stereocenters. The van der Waals surface area contributed by atoms with E-state index in [1.165, 1.54) is 0 Å². The first kappa shape index (κ1) is 16.7. The smallest absolute Gasteiger partial charge is 0.254 e. The molecule has 0 radical (unpaired) electrons. The molecule has 1 aliphatic rings. The number of ether oxygens (including phenoxy) is 1. The summed E-state index contributed by atoms with van der Waals surface area (Å²) in [5.41, 5.74) is 3.40. The van der Waals surface area contributed by atoms with Crippen LogP contribution in [-0.2, 0) is 11.2 Å². The van der Waals surface area contributed by atoms with Crippen LogP contribution in [0.1, 0.15) is 21.9 Å². The molecular weight excluding hydrogens is 330 g/mol. The minimum atomic E-state index is 0.0253. The minimum Gasteiger partial charge on any atom is -0.379 e. The monoisotopic (exact) mass is 351 g/mol. The van der Waals surface area contributed by atoms with Gasteiger partial charge in [0.1, 0.15) is 12.2 Å². The van der Waals surface area contributed by atoms with Gasteiger partial charge in [0.2, 0.25) is 0 Å². The summed E-state index contributed by atoms with van der Waals surface area (Å²) < 4.78 is 5.72. The predicted octanol–water partition coefficient (Wildman–Crippen LogP) is 1.99. The summed E-state index contributed by atoms with van der Waals surface area (Å²) >= 11 is 0. The fourth-order valence-electron chi connectivity index (χ4n) is 3.38. The van der Waals surface area contributed by atoms with Crippen molar-refractivity contribution in [2.75, 3.05) is 26.3 Å². The molecule has 1 aromatic carbocycles. The minimum absolute atomic E-state index is 0.0253. The molecule has 3 heterocycles. The van der Waals surface area contributed by atoms with E-state index >= 15 is 0 Å². The first-order chi connectivity index (χ1) is 12.7. The van der Waals surface area contributed by atoms with Crippen LogP contribution in [-0.4, -0.2) is 57.0 Å². The topological polar surface area (TPSA) is 84.0 Å². The number of carbonyl (C=O) groups is 1. The van der Waals surface area contributed by atoms with E-state index in [0.717, 1.165) is 29.0 Å². The van der Waals surface area contributed by atoms with Crippen molar-refractivity contribution >= 4 is 16.9 Å². The van der Waals surface area contributed by atoms with Crippen molar-refractivity contribution in [2.24, 2.45) is 5.92 Å². The number of hydrogen-bond acceptors (Lipinski definition) is 5. The number of benzene rings is 1. The Hall–Kier alpha value is -2.80. The van der Waals surface area contributed by atoms with Crippen molar-refractivity contribution in [3.05, 3.63) is 53.9 Å². The van der Waals surface area contributed by atoms with Gasteiger partial charge in [-0.3, -0.25) is 4.79 Å². The summed E-state index contributed by atoms with van der Waals surface area (Å²) in [6.07, 6.45) is 4.06. The van der Waals surface area contributed by atoms with E-state index < -0.39 is 0 Å². The van der Waals surface area contributed by atoms with Gasteiger partial charge in [0.15, 0.2) is 0 Å². The molecule has 1 fully saturated rings. The lowest BCUT2D eigenvalue weighted by Gasteiger charge is -2.23. The number of fused-ring (bicyclic) bond motifs is 1. The highest BCUT2D eigenvalue weighted by Crippen LogP contribution is 2.18. The van der Waals surface area contributed by atoms with Gasteiger partial charge in [-0.15, -0.1) is 0 Å². The fraction of sp³-hybridized carbons (Fsp3) is 0.368. The third-order valence-corrected chi connectivity index (χ3v) is 4.61. The van der Waals surface area contributed by atoms with Gasteiger partial charge < -0.3 is 14.6 Å². The number of amides is 1. The lowest BCUT2D eigenvalue weighted by Crippen LogP contribution is -2.36. The Balaban J connectivity index is 1.51. The molecule has 0 saturated carbocycles. The molecule has 26 heavy (non-hydrogen) atoms. The molecule has 7 heteroatoms. The molecule has 0 aliphatic carbocycles. The Kier molecular flexibility index (Phi) is 4.62. The largest absolute Gasteiger partial charge is 0.379 e. The molecule has 134 valence electrons. The van der Waals surface area contributed by atoms with Gasteiger partial charge in [-0.1, -0.05) is 0 Å². The van der Waals surface area contributed by atoms with Crippen LogP contribution in [0.15, 0.2) is 36.8 Å². The lowest BCUT2D eigenvalue weighted by molar-refractivity contribution is 0.0737. The molecule has 1 saturated heterocycles. The van der Waals surface area contributed by atoms with Gasteiger partial charge in [0.05, 0.1) is 24.2 Å². The van der Waals surface area contributed by atoms with Crippen LogP contribution in [0.4, 0.5) is 0 Å². The van der Waals surface area contributed by atoms with Crippen LogP contribution < -0.4 is 0 Å². The van der Waals surface area contributed by atoms with Crippen LogP contribution in [0.3, 0.4) is 0 Å². The van der Waals surface area contributed by atoms with Gasteiger partial charge in [-0.25, -0.2) is 15.0 Å². The SMILES string of the molecule is Cc1nc2ccc(C(=O)N3CCOC[C@@H](Cc4ccncn4)C3)cc2[nH]1. The Morgan fingerprint density at radius 2 is 2.31 bits per heavy atom. The first-order valence-electron chi connectivity index (χ1n) is 8.77. The van der Waals surface area contributed by atoms with E-state index in [-0.39, 0.29) is 11.8 Å². The van der Waals surface area contributed by atoms with Gasteiger partial charge >= 0.3 is 0 Å². The standard InChI is InChI=1S/C19H21N5O2/c1-13-22-17-3-2-15(9-18(17)23-13)19(25)24-6-7-26-11-14(10-24)8-16-4-5-20-12-21-16/h2-5,9,12,14H,6-8,10-11H2,1H3,(H,22,23)/t14-/m0/s1. The zero-order valence-electron chi connectivity index (χ0n) is 14.7. The highest BCUT2D eigenvalue weighted by molar-refractivity contribution is 5.97. The van der Waals surface area contributed by atoms with Crippen LogP contribution in [0.2, 0.25) is 0 Å². The maximum Gasteiger partial charge on any atom is 0.254 e. The Morgan fingerprint density at radius 1 is 1.38 bits per heavy atom. The predicted molar refractivity (Wildman–Crippen MR) is 96.8 cm³/mol. The summed E-state index contributed by atoms with van der Waals surface area (Å²) in [5, 5.41) is 0. The average Bonchev–Trinajstić information content (AvgIpc) is 2.87. The summed E-state index contributed by atoms with van der Waals surface area (Å²) in [6, 6.07) is 7.52. The van der Waals surface area contributed by atoms with E-state index in [1.54, 1.807) is 12.5 Å². The average molecular weight is 351 g/mol. The number of nitrogens with one attached hydrogen (secondary N) is 1. The molecule has 3 aromatic rings. The van der Waals surface area contributed by atoms with Gasteiger partial charge in [-0.2, -0.15) is 0 Å². The maximum atomic E-state index is 13.0. The summed E-state index contributed by atoms with van der Waals surface area (Å²) in [5.74, 6) is 1.09. The van der Waals surface area contributed by atoms with Crippen molar-refractivity contribution in [3.8, 4) is 0 Å². The number of H-pyrrole nitrogens is 1. The van der Waals surface area contributed by atoms with Crippen LogP contribution in [0, 0.1) is 12.8 Å². The molecule has 1 amide bonds. The number of hydrogen-bond donors (Lipinski definition) is 1. The summed E-state index contributed by atoms with van der Waals surface area (Å²) in [6.45, 7) is 4.34. The van der Waals surface area contributed by atoms with Crippen LogP contribution >= 0.6 is 0 Å². The van der Waals surface area contributed by atoms with E-state index in [9.17, 15) is 4.79 Å². The normalized spacial score (nSPS) is 18.0. The Bertz CT molecular complexity index is 909. The number of rotatable bonds is 3. The summed E-state index contributed by atoms with van der Waals surface area (Å²) in [7, 11) is 0. The van der Waals surface area contributed by atoms with E-state index in [0.29, 0.717) is 31.9 Å². The second-order valence-electron chi connectivity index (χ2n) is 6.65. The van der Waals surface area contributed by atoms with Gasteiger partial charge in [0, 0.05) is 36.5 Å². The number of imidazole rings is 1. The summed E-state index contributed by atoms with van der Waals surface area (Å²) in [4.78, 5) is 30.7. The molecule has 4 rings (SSSR count). The third kappa shape index (κ3) is 3.57. The van der Waals surface area contributed by atoms with Crippen molar-refractivity contribution in [1.82, 2.24) is 24.8 Å². The molecule has 0 spiro atoms. The number of carbonyl (C=O) groups excluding carboxylic acids is 1. The van der Waals surface area contributed by atoms with Gasteiger partial charge in [0.25, 0.3) is 5.91 Å². The van der Waals surface area contributed by atoms with Gasteiger partial charge in [-0.05, 0) is 37.6 Å². The fourth-order valence-corrected chi connectivity index (χ4v) is 3.38. The zero-order valence-corrected chi connectivity index (χ0v) is 14.7. The number of aromatic nitrogens is 4. The Labute approximate surface area is 151 Å². The molecular formula is C19H21N5O2. The van der Waals surface area contributed by atoms with E-state index in [1.807, 2.05) is 36.1 Å². The van der Waals surface area contributed by atoms with Crippen LogP contribution in [0.25, 0.3) is 11.0 Å². The molecule has 0 unspecified atom stereocenters. The highest BCUT2D eigenvalue weighted by Gasteiger charge is 2.24. The Morgan fingerprint density at radius 3 is 3.15 bits per heavy atom. The number of aromatic amines is 1. The highest BCUT2D eigenvalue weighted by atomic mass is 16.5. The van der Waals surface area contributed by atoms with Crippen molar-refractivity contribution in [3.63, 3.8) is 0 Å². The second kappa shape index (κ2) is 7.21. The quantitative estimate of drug-likeness (QED) is 0.780. The van der Waals surface area contributed by atoms with Crippen LogP contribution in [0.5, 0.6) is 0 Å². The zero-order chi connectivity index (χ0) is 17.9. The number of aryl methyl sites for hydroxylation is 1. The molecule has 1 aliphatic heterocycles. The first-order valence-corrected chi connectivity index (χ1v) is 8.77. The van der Waals surface area contributed by atoms with Crippen molar-refractivity contribution in [1.29, 1.82) is 0 Å². The molecule has 0 bridgehead atoms. The van der Waals surface area contributed by atoms with E-state index in [2.05, 4.69) is 19.9 Å². The lowest BCUT2D eigenvalue weighted by atomic mass is 10.0. The van der Waals surface area contributed by atoms with Crippen molar-refractivity contribution in [2.45, 2.75) is 13.3 Å². The molecule has 1 N–H and O–H groups in total. The van der Waals surface area contributed by atoms with Crippen molar-refractivity contribution < 1.29 is 9.53 Å².